The minimum atomic E-state index is -3.97. The zero-order valence-electron chi connectivity index (χ0n) is 18.6. The molecule has 1 heterocycles. The molecule has 176 valence electrons. The van der Waals surface area contributed by atoms with Crippen molar-refractivity contribution in [2.24, 2.45) is 0 Å². The molecule has 0 radical (unpaired) electrons. The normalized spacial score (nSPS) is 15.2. The summed E-state index contributed by atoms with van der Waals surface area (Å²) in [5.41, 5.74) is 2.15. The Kier molecular flexibility index (Phi) is 7.70. The molecule has 10 heteroatoms. The third kappa shape index (κ3) is 5.70. The first-order valence-corrected chi connectivity index (χ1v) is 12.3. The molecule has 3 rings (SSSR count). The number of benzene rings is 2. The molecule has 1 aliphatic heterocycles. The summed E-state index contributed by atoms with van der Waals surface area (Å²) < 4.78 is 26.6. The van der Waals surface area contributed by atoms with E-state index >= 15 is 0 Å². The number of nitrogens with zero attached hydrogens (tertiary/aromatic N) is 1. The summed E-state index contributed by atoms with van der Waals surface area (Å²) in [6.07, 6.45) is 2.09. The molecule has 0 saturated heterocycles. The van der Waals surface area contributed by atoms with E-state index in [1.165, 1.54) is 17.0 Å². The van der Waals surface area contributed by atoms with Crippen LogP contribution in [0.5, 0.6) is 0 Å². The van der Waals surface area contributed by atoms with Crippen molar-refractivity contribution in [1.29, 1.82) is 0 Å². The monoisotopic (exact) mass is 472 g/mol. The first-order chi connectivity index (χ1) is 15.7. The number of rotatable bonds is 8. The summed E-state index contributed by atoms with van der Waals surface area (Å²) >= 11 is 0. The number of imide groups is 1. The van der Waals surface area contributed by atoms with Crippen LogP contribution in [0.2, 0.25) is 0 Å². The SMILES string of the molecule is CCCCNC(=O)NS(=O)(=O)c1ccc(CCNC(=O)N2C(=O)c3ccccc3C2C)cc1. The van der Waals surface area contributed by atoms with E-state index in [0.29, 0.717) is 18.5 Å². The Labute approximate surface area is 193 Å². The number of nitrogens with one attached hydrogen (secondary N) is 3. The van der Waals surface area contributed by atoms with Gasteiger partial charge in [0.1, 0.15) is 0 Å². The molecule has 0 fully saturated rings. The number of unbranched alkanes of at least 4 members (excludes halogenated alkanes) is 1. The van der Waals surface area contributed by atoms with Crippen molar-refractivity contribution in [2.75, 3.05) is 13.1 Å². The molecule has 2 aromatic carbocycles. The highest BCUT2D eigenvalue weighted by molar-refractivity contribution is 7.90. The van der Waals surface area contributed by atoms with E-state index in [-0.39, 0.29) is 23.4 Å². The highest BCUT2D eigenvalue weighted by atomic mass is 32.2. The number of carbonyl (C=O) groups is 3. The number of hydrogen-bond donors (Lipinski definition) is 3. The summed E-state index contributed by atoms with van der Waals surface area (Å²) in [7, 11) is -3.97. The van der Waals surface area contributed by atoms with Crippen molar-refractivity contribution in [3.8, 4) is 0 Å². The van der Waals surface area contributed by atoms with Crippen LogP contribution >= 0.6 is 0 Å². The summed E-state index contributed by atoms with van der Waals surface area (Å²) in [6, 6.07) is 11.6. The van der Waals surface area contributed by atoms with Crippen LogP contribution in [-0.4, -0.2) is 44.4 Å². The van der Waals surface area contributed by atoms with Crippen molar-refractivity contribution in [1.82, 2.24) is 20.3 Å². The number of fused-ring (bicyclic) bond motifs is 1. The van der Waals surface area contributed by atoms with Gasteiger partial charge in [-0.25, -0.2) is 22.7 Å². The average molecular weight is 473 g/mol. The standard InChI is InChI=1S/C23H28N4O5S/c1-3-4-14-24-22(29)26-33(31,32)18-11-9-17(10-12-18)13-15-25-23(30)27-16(2)19-7-5-6-8-20(19)21(27)28/h5-12,16H,3-4,13-15H2,1-2H3,(H,25,30)(H2,24,26,29). The van der Waals surface area contributed by atoms with Crippen LogP contribution in [0.3, 0.4) is 0 Å². The van der Waals surface area contributed by atoms with Crippen molar-refractivity contribution in [2.45, 2.75) is 44.0 Å². The lowest BCUT2D eigenvalue weighted by atomic mass is 10.1. The van der Waals surface area contributed by atoms with E-state index in [9.17, 15) is 22.8 Å². The predicted molar refractivity (Wildman–Crippen MR) is 123 cm³/mol. The summed E-state index contributed by atoms with van der Waals surface area (Å²) in [4.78, 5) is 38.0. The predicted octanol–water partition coefficient (Wildman–Crippen LogP) is 2.94. The van der Waals surface area contributed by atoms with Crippen LogP contribution < -0.4 is 15.4 Å². The fourth-order valence-corrected chi connectivity index (χ4v) is 4.53. The van der Waals surface area contributed by atoms with E-state index in [4.69, 9.17) is 0 Å². The fourth-order valence-electron chi connectivity index (χ4n) is 3.60. The molecule has 0 aromatic heterocycles. The summed E-state index contributed by atoms with van der Waals surface area (Å²) in [6.45, 7) is 4.45. The van der Waals surface area contributed by atoms with Gasteiger partial charge in [0.05, 0.1) is 10.9 Å². The van der Waals surface area contributed by atoms with Gasteiger partial charge in [-0.1, -0.05) is 43.7 Å². The fraction of sp³-hybridized carbons (Fsp3) is 0.348. The lowest BCUT2D eigenvalue weighted by molar-refractivity contribution is 0.0790. The van der Waals surface area contributed by atoms with E-state index in [1.54, 1.807) is 31.2 Å². The Morgan fingerprint density at radius 3 is 2.36 bits per heavy atom. The van der Waals surface area contributed by atoms with Crippen LogP contribution in [0.25, 0.3) is 0 Å². The minimum Gasteiger partial charge on any atom is -0.337 e. The Morgan fingerprint density at radius 2 is 1.70 bits per heavy atom. The molecule has 1 atom stereocenters. The number of hydrogen-bond acceptors (Lipinski definition) is 5. The average Bonchev–Trinajstić information content (AvgIpc) is 3.04. The van der Waals surface area contributed by atoms with E-state index < -0.39 is 22.1 Å². The van der Waals surface area contributed by atoms with Crippen molar-refractivity contribution in [3.05, 3.63) is 65.2 Å². The van der Waals surface area contributed by atoms with Crippen molar-refractivity contribution >= 4 is 28.0 Å². The lowest BCUT2D eigenvalue weighted by Gasteiger charge is -2.20. The quantitative estimate of drug-likeness (QED) is 0.510. The molecule has 5 amide bonds. The second-order valence-electron chi connectivity index (χ2n) is 7.78. The second-order valence-corrected chi connectivity index (χ2v) is 9.46. The van der Waals surface area contributed by atoms with Gasteiger partial charge in [0.15, 0.2) is 0 Å². The van der Waals surface area contributed by atoms with Gasteiger partial charge in [-0.3, -0.25) is 9.69 Å². The zero-order valence-corrected chi connectivity index (χ0v) is 19.4. The highest BCUT2D eigenvalue weighted by Gasteiger charge is 2.37. The molecular formula is C23H28N4O5S. The molecule has 0 aliphatic carbocycles. The molecule has 0 bridgehead atoms. The zero-order chi connectivity index (χ0) is 24.0. The molecule has 1 unspecified atom stereocenters. The Hall–Kier alpha value is -3.40. The number of sulfonamides is 1. The maximum atomic E-state index is 12.6. The van der Waals surface area contributed by atoms with E-state index in [0.717, 1.165) is 24.0 Å². The van der Waals surface area contributed by atoms with Crippen LogP contribution in [0.1, 0.15) is 54.2 Å². The maximum absolute atomic E-state index is 12.6. The van der Waals surface area contributed by atoms with Gasteiger partial charge < -0.3 is 10.6 Å². The van der Waals surface area contributed by atoms with Crippen LogP contribution in [-0.2, 0) is 16.4 Å². The number of carbonyl (C=O) groups excluding carboxylic acids is 3. The van der Waals surface area contributed by atoms with Crippen LogP contribution in [0.4, 0.5) is 9.59 Å². The number of urea groups is 2. The molecule has 0 saturated carbocycles. The highest BCUT2D eigenvalue weighted by Crippen LogP contribution is 2.32. The van der Waals surface area contributed by atoms with Crippen molar-refractivity contribution in [3.63, 3.8) is 0 Å². The maximum Gasteiger partial charge on any atom is 0.328 e. The largest absolute Gasteiger partial charge is 0.337 e. The third-order valence-electron chi connectivity index (χ3n) is 5.43. The Bertz CT molecular complexity index is 1130. The molecular weight excluding hydrogens is 444 g/mol. The molecule has 0 spiro atoms. The van der Waals surface area contributed by atoms with Gasteiger partial charge in [0.25, 0.3) is 15.9 Å². The second kappa shape index (κ2) is 10.5. The number of amides is 5. The summed E-state index contributed by atoms with van der Waals surface area (Å²) in [5.74, 6) is -0.323. The summed E-state index contributed by atoms with van der Waals surface area (Å²) in [5, 5.41) is 5.24. The topological polar surface area (TPSA) is 125 Å². The minimum absolute atomic E-state index is 0.0322. The van der Waals surface area contributed by atoms with Crippen molar-refractivity contribution < 1.29 is 22.8 Å². The van der Waals surface area contributed by atoms with Gasteiger partial charge in [0, 0.05) is 18.7 Å². The Balaban J connectivity index is 1.51. The van der Waals surface area contributed by atoms with Gasteiger partial charge >= 0.3 is 12.1 Å². The smallest absolute Gasteiger partial charge is 0.328 e. The molecule has 1 aliphatic rings. The van der Waals surface area contributed by atoms with E-state index in [1.807, 2.05) is 23.8 Å². The van der Waals surface area contributed by atoms with Crippen LogP contribution in [0, 0.1) is 0 Å². The first-order valence-electron chi connectivity index (χ1n) is 10.8. The van der Waals surface area contributed by atoms with E-state index in [2.05, 4.69) is 10.6 Å². The van der Waals surface area contributed by atoms with Gasteiger partial charge in [-0.15, -0.1) is 0 Å². The van der Waals surface area contributed by atoms with Gasteiger partial charge in [0.2, 0.25) is 0 Å². The molecule has 9 nitrogen and oxygen atoms in total. The Morgan fingerprint density at radius 1 is 1.00 bits per heavy atom. The first kappa shape index (κ1) is 24.2. The van der Waals surface area contributed by atoms with Gasteiger partial charge in [-0.2, -0.15) is 0 Å². The molecule has 3 N–H and O–H groups in total. The third-order valence-corrected chi connectivity index (χ3v) is 6.78. The van der Waals surface area contributed by atoms with Gasteiger partial charge in [-0.05, 0) is 49.1 Å². The molecule has 33 heavy (non-hydrogen) atoms. The lowest BCUT2D eigenvalue weighted by Crippen LogP contribution is -2.42. The van der Waals surface area contributed by atoms with Crippen LogP contribution in [0.15, 0.2) is 53.4 Å². The molecule has 2 aromatic rings.